The Hall–Kier alpha value is -0.830. The van der Waals surface area contributed by atoms with E-state index in [4.69, 9.17) is 0 Å². The zero-order valence-electron chi connectivity index (χ0n) is 10.7. The van der Waals surface area contributed by atoms with Gasteiger partial charge in [0.1, 0.15) is 0 Å². The molecule has 1 saturated heterocycles. The summed E-state index contributed by atoms with van der Waals surface area (Å²) in [6.07, 6.45) is 5.68. The Kier molecular flexibility index (Phi) is 3.33. The molecule has 0 unspecified atom stereocenters. The van der Waals surface area contributed by atoms with E-state index in [0.717, 1.165) is 12.3 Å². The molecule has 2 rings (SSSR count). The largest absolute Gasteiger partial charge is 0.316 e. The highest BCUT2D eigenvalue weighted by atomic mass is 15.2. The first kappa shape index (κ1) is 11.6. The van der Waals surface area contributed by atoms with Crippen molar-refractivity contribution < 1.29 is 0 Å². The summed E-state index contributed by atoms with van der Waals surface area (Å²) in [5.74, 6) is 0.800. The van der Waals surface area contributed by atoms with E-state index in [2.05, 4.69) is 30.3 Å². The van der Waals surface area contributed by atoms with E-state index in [-0.39, 0.29) is 0 Å². The average Bonchev–Trinajstić information content (AvgIpc) is 2.55. The van der Waals surface area contributed by atoms with Gasteiger partial charge in [0.15, 0.2) is 0 Å². The van der Waals surface area contributed by atoms with Crippen molar-refractivity contribution in [3.8, 4) is 0 Å². The molecule has 0 atom stereocenters. The third kappa shape index (κ3) is 2.46. The minimum Gasteiger partial charge on any atom is -0.316 e. The van der Waals surface area contributed by atoms with Gasteiger partial charge in [-0.25, -0.2) is 0 Å². The number of nitrogens with one attached hydrogen (secondary N) is 1. The molecule has 0 radical (unpaired) electrons. The average molecular weight is 221 g/mol. The van der Waals surface area contributed by atoms with Crippen LogP contribution in [-0.2, 0) is 13.5 Å². The van der Waals surface area contributed by atoms with Crippen molar-refractivity contribution in [2.75, 3.05) is 13.1 Å². The van der Waals surface area contributed by atoms with Crippen LogP contribution in [-0.4, -0.2) is 22.9 Å². The summed E-state index contributed by atoms with van der Waals surface area (Å²) in [6, 6.07) is 2.13. The topological polar surface area (TPSA) is 29.9 Å². The smallest absolute Gasteiger partial charge is 0.0492 e. The van der Waals surface area contributed by atoms with Gasteiger partial charge in [-0.3, -0.25) is 4.68 Å². The predicted octanol–water partition coefficient (Wildman–Crippen LogP) is 1.99. The molecular weight excluding hydrogens is 198 g/mol. The lowest BCUT2D eigenvalue weighted by molar-refractivity contribution is 0.118. The lowest BCUT2D eigenvalue weighted by Gasteiger charge is -2.44. The van der Waals surface area contributed by atoms with Gasteiger partial charge in [-0.15, -0.1) is 0 Å². The van der Waals surface area contributed by atoms with Crippen LogP contribution < -0.4 is 5.32 Å². The summed E-state index contributed by atoms with van der Waals surface area (Å²) in [5, 5.41) is 7.65. The van der Waals surface area contributed by atoms with Crippen molar-refractivity contribution in [3.05, 3.63) is 18.0 Å². The third-order valence-electron chi connectivity index (χ3n) is 3.68. The Labute approximate surface area is 98.2 Å². The van der Waals surface area contributed by atoms with Crippen LogP contribution in [0.4, 0.5) is 0 Å². The fourth-order valence-electron chi connectivity index (χ4n) is 2.81. The maximum absolute atomic E-state index is 4.22. The first-order chi connectivity index (χ1) is 7.61. The predicted molar refractivity (Wildman–Crippen MR) is 66.3 cm³/mol. The third-order valence-corrected chi connectivity index (χ3v) is 3.68. The Bertz CT molecular complexity index is 337. The van der Waals surface area contributed by atoms with Crippen molar-refractivity contribution >= 4 is 0 Å². The Balaban J connectivity index is 1.90. The minimum atomic E-state index is 0.554. The number of aromatic nitrogens is 2. The second-order valence-electron chi connectivity index (χ2n) is 5.65. The molecular formula is C13H23N3. The van der Waals surface area contributed by atoms with Crippen LogP contribution in [0, 0.1) is 11.3 Å². The maximum atomic E-state index is 4.22. The number of nitrogens with zero attached hydrogens (tertiary/aromatic N) is 2. The molecule has 1 aliphatic rings. The number of hydrogen-bond acceptors (Lipinski definition) is 2. The number of hydrogen-bond donors (Lipinski definition) is 1. The van der Waals surface area contributed by atoms with E-state index < -0.39 is 0 Å². The second-order valence-corrected chi connectivity index (χ2v) is 5.65. The van der Waals surface area contributed by atoms with Crippen LogP contribution in [0.5, 0.6) is 0 Å². The summed E-state index contributed by atoms with van der Waals surface area (Å²) in [4.78, 5) is 0. The molecule has 0 aromatic carbocycles. The highest BCUT2D eigenvalue weighted by Gasteiger charge is 2.36. The lowest BCUT2D eigenvalue weighted by Crippen LogP contribution is -2.54. The van der Waals surface area contributed by atoms with E-state index >= 15 is 0 Å². The lowest BCUT2D eigenvalue weighted by atomic mass is 9.71. The molecule has 3 nitrogen and oxygen atoms in total. The molecule has 1 aliphatic heterocycles. The van der Waals surface area contributed by atoms with Crippen LogP contribution in [0.15, 0.2) is 12.3 Å². The standard InChI is InChI=1S/C13H23N3/c1-11(2)8-13(9-14-10-13)6-4-12-5-7-15-16(12)3/h5,7,11,14H,4,6,8-10H2,1-3H3. The first-order valence-corrected chi connectivity index (χ1v) is 6.29. The monoisotopic (exact) mass is 221 g/mol. The molecule has 0 amide bonds. The summed E-state index contributed by atoms with van der Waals surface area (Å²) in [7, 11) is 2.03. The molecule has 16 heavy (non-hydrogen) atoms. The molecule has 1 N–H and O–H groups in total. The van der Waals surface area contributed by atoms with Gasteiger partial charge in [0.05, 0.1) is 0 Å². The van der Waals surface area contributed by atoms with Crippen LogP contribution in [0.1, 0.15) is 32.4 Å². The van der Waals surface area contributed by atoms with Gasteiger partial charge in [-0.05, 0) is 36.7 Å². The van der Waals surface area contributed by atoms with Gasteiger partial charge in [-0.1, -0.05) is 13.8 Å². The summed E-state index contributed by atoms with van der Waals surface area (Å²) >= 11 is 0. The SMILES string of the molecule is CC(C)CC1(CCc2ccnn2C)CNC1. The van der Waals surface area contributed by atoms with Gasteiger partial charge < -0.3 is 5.32 Å². The molecule has 1 aromatic heterocycles. The van der Waals surface area contributed by atoms with Gasteiger partial charge in [-0.2, -0.15) is 5.10 Å². The molecule has 0 bridgehead atoms. The summed E-state index contributed by atoms with van der Waals surface area (Å²) in [5.41, 5.74) is 1.91. The van der Waals surface area contributed by atoms with Gasteiger partial charge in [0.25, 0.3) is 0 Å². The molecule has 0 saturated carbocycles. The zero-order chi connectivity index (χ0) is 11.6. The van der Waals surface area contributed by atoms with Crippen LogP contribution in [0.3, 0.4) is 0 Å². The highest BCUT2D eigenvalue weighted by molar-refractivity contribution is 5.03. The van der Waals surface area contributed by atoms with E-state index in [0.29, 0.717) is 5.41 Å². The Morgan fingerprint density at radius 2 is 2.25 bits per heavy atom. The molecule has 1 fully saturated rings. The van der Waals surface area contributed by atoms with E-state index in [1.807, 2.05) is 17.9 Å². The molecule has 0 spiro atoms. The van der Waals surface area contributed by atoms with Crippen molar-refractivity contribution in [1.82, 2.24) is 15.1 Å². The molecule has 90 valence electrons. The molecule has 2 heterocycles. The van der Waals surface area contributed by atoms with Gasteiger partial charge in [0, 0.05) is 32.0 Å². The fraction of sp³-hybridized carbons (Fsp3) is 0.769. The van der Waals surface area contributed by atoms with Crippen LogP contribution in [0.2, 0.25) is 0 Å². The van der Waals surface area contributed by atoms with E-state index in [9.17, 15) is 0 Å². The Morgan fingerprint density at radius 3 is 2.69 bits per heavy atom. The van der Waals surface area contributed by atoms with E-state index in [1.54, 1.807) is 0 Å². The minimum absolute atomic E-state index is 0.554. The van der Waals surface area contributed by atoms with Crippen molar-refractivity contribution in [3.63, 3.8) is 0 Å². The fourth-order valence-corrected chi connectivity index (χ4v) is 2.81. The number of aryl methyl sites for hydroxylation is 2. The van der Waals surface area contributed by atoms with E-state index in [1.165, 1.54) is 31.6 Å². The quantitative estimate of drug-likeness (QED) is 0.824. The normalized spacial score (nSPS) is 18.8. The first-order valence-electron chi connectivity index (χ1n) is 6.29. The van der Waals surface area contributed by atoms with Gasteiger partial charge in [0.2, 0.25) is 0 Å². The molecule has 3 heteroatoms. The molecule has 0 aliphatic carbocycles. The maximum Gasteiger partial charge on any atom is 0.0492 e. The second kappa shape index (κ2) is 4.58. The van der Waals surface area contributed by atoms with Crippen LogP contribution in [0.25, 0.3) is 0 Å². The van der Waals surface area contributed by atoms with Crippen molar-refractivity contribution in [2.24, 2.45) is 18.4 Å². The highest BCUT2D eigenvalue weighted by Crippen LogP contribution is 2.35. The van der Waals surface area contributed by atoms with Crippen molar-refractivity contribution in [2.45, 2.75) is 33.1 Å². The molecule has 1 aromatic rings. The summed E-state index contributed by atoms with van der Waals surface area (Å²) < 4.78 is 2.00. The van der Waals surface area contributed by atoms with Crippen LogP contribution >= 0.6 is 0 Å². The number of rotatable bonds is 5. The summed E-state index contributed by atoms with van der Waals surface area (Å²) in [6.45, 7) is 7.04. The Morgan fingerprint density at radius 1 is 1.50 bits per heavy atom. The zero-order valence-corrected chi connectivity index (χ0v) is 10.7. The van der Waals surface area contributed by atoms with Gasteiger partial charge >= 0.3 is 0 Å². The van der Waals surface area contributed by atoms with Crippen molar-refractivity contribution in [1.29, 1.82) is 0 Å².